The predicted octanol–water partition coefficient (Wildman–Crippen LogP) is 4.18. The van der Waals surface area contributed by atoms with Crippen molar-refractivity contribution in [3.8, 4) is 0 Å². The molecule has 3 nitrogen and oxygen atoms in total. The molecule has 1 aromatic carbocycles. The first-order chi connectivity index (χ1) is 9.15. The number of rotatable bonds is 5. The molecule has 1 aromatic rings. The molecular weight excluding hydrogens is 262 g/mol. The van der Waals surface area contributed by atoms with Gasteiger partial charge in [-0.1, -0.05) is 49.8 Å². The van der Waals surface area contributed by atoms with Gasteiger partial charge in [0, 0.05) is 10.7 Å². The van der Waals surface area contributed by atoms with E-state index in [1.165, 1.54) is 19.3 Å². The van der Waals surface area contributed by atoms with Crippen LogP contribution >= 0.6 is 11.6 Å². The molecule has 0 radical (unpaired) electrons. The molecule has 1 atom stereocenters. The number of hydrogen-bond donors (Lipinski definition) is 2. The van der Waals surface area contributed by atoms with Crippen molar-refractivity contribution in [1.82, 2.24) is 0 Å². The smallest absolute Gasteiger partial charge is 0.326 e. The fourth-order valence-electron chi connectivity index (χ4n) is 2.76. The van der Waals surface area contributed by atoms with Gasteiger partial charge in [0.25, 0.3) is 0 Å². The maximum Gasteiger partial charge on any atom is 0.326 e. The lowest BCUT2D eigenvalue weighted by molar-refractivity contribution is -0.138. The van der Waals surface area contributed by atoms with Gasteiger partial charge in [-0.05, 0) is 30.5 Å². The van der Waals surface area contributed by atoms with Gasteiger partial charge in [-0.15, -0.1) is 0 Å². The monoisotopic (exact) mass is 281 g/mol. The minimum absolute atomic E-state index is 0.526. The molecule has 0 aromatic heterocycles. The van der Waals surface area contributed by atoms with Crippen LogP contribution in [0.3, 0.4) is 0 Å². The first-order valence-corrected chi connectivity index (χ1v) is 7.28. The molecule has 1 aliphatic carbocycles. The summed E-state index contributed by atoms with van der Waals surface area (Å²) in [7, 11) is 0. The Morgan fingerprint density at radius 3 is 2.74 bits per heavy atom. The minimum Gasteiger partial charge on any atom is -0.480 e. The molecule has 0 spiro atoms. The van der Waals surface area contributed by atoms with Gasteiger partial charge in [-0.25, -0.2) is 4.79 Å². The van der Waals surface area contributed by atoms with Crippen LogP contribution in [0.2, 0.25) is 5.02 Å². The lowest BCUT2D eigenvalue weighted by Crippen LogP contribution is -2.32. The zero-order valence-electron chi connectivity index (χ0n) is 10.9. The summed E-state index contributed by atoms with van der Waals surface area (Å²) >= 11 is 5.91. The third kappa shape index (κ3) is 4.43. The lowest BCUT2D eigenvalue weighted by atomic mass is 9.85. The van der Waals surface area contributed by atoms with E-state index in [9.17, 15) is 9.90 Å². The SMILES string of the molecule is O=C(O)C(CC1CCCCC1)Nc1cccc(Cl)c1. The van der Waals surface area contributed by atoms with E-state index >= 15 is 0 Å². The Labute approximate surface area is 119 Å². The molecule has 1 unspecified atom stereocenters. The molecule has 2 N–H and O–H groups in total. The van der Waals surface area contributed by atoms with Crippen LogP contribution in [0.1, 0.15) is 38.5 Å². The van der Waals surface area contributed by atoms with E-state index in [4.69, 9.17) is 11.6 Å². The van der Waals surface area contributed by atoms with E-state index in [0.29, 0.717) is 17.4 Å². The molecule has 0 amide bonds. The summed E-state index contributed by atoms with van der Waals surface area (Å²) in [5.74, 6) is -0.257. The Kier molecular flexibility index (Phi) is 5.08. The van der Waals surface area contributed by atoms with Crippen LogP contribution in [-0.2, 0) is 4.79 Å². The van der Waals surface area contributed by atoms with Crippen molar-refractivity contribution in [2.24, 2.45) is 5.92 Å². The van der Waals surface area contributed by atoms with Gasteiger partial charge in [0.05, 0.1) is 0 Å². The maximum absolute atomic E-state index is 11.4. The van der Waals surface area contributed by atoms with Crippen molar-refractivity contribution >= 4 is 23.3 Å². The Balaban J connectivity index is 1.97. The Hall–Kier alpha value is -1.22. The van der Waals surface area contributed by atoms with Crippen LogP contribution < -0.4 is 5.32 Å². The summed E-state index contributed by atoms with van der Waals surface area (Å²) in [6.07, 6.45) is 6.75. The van der Waals surface area contributed by atoms with Crippen molar-refractivity contribution in [3.63, 3.8) is 0 Å². The molecule has 2 rings (SSSR count). The first kappa shape index (κ1) is 14.2. The van der Waals surface area contributed by atoms with E-state index in [2.05, 4.69) is 5.32 Å². The van der Waals surface area contributed by atoms with Gasteiger partial charge in [0.15, 0.2) is 0 Å². The van der Waals surface area contributed by atoms with E-state index in [1.54, 1.807) is 12.1 Å². The van der Waals surface area contributed by atoms with E-state index in [-0.39, 0.29) is 0 Å². The quantitative estimate of drug-likeness (QED) is 0.851. The highest BCUT2D eigenvalue weighted by Gasteiger charge is 2.23. The number of carboxylic acids is 1. The van der Waals surface area contributed by atoms with Crippen molar-refractivity contribution in [2.45, 2.75) is 44.6 Å². The summed E-state index contributed by atoms with van der Waals surface area (Å²) in [6.45, 7) is 0. The highest BCUT2D eigenvalue weighted by molar-refractivity contribution is 6.30. The molecule has 1 saturated carbocycles. The van der Waals surface area contributed by atoms with Crippen LogP contribution in [0.5, 0.6) is 0 Å². The van der Waals surface area contributed by atoms with Gasteiger partial charge in [-0.2, -0.15) is 0 Å². The summed E-state index contributed by atoms with van der Waals surface area (Å²) in [6, 6.07) is 6.69. The second-order valence-electron chi connectivity index (χ2n) is 5.29. The molecule has 104 valence electrons. The zero-order valence-corrected chi connectivity index (χ0v) is 11.7. The molecular formula is C15H20ClNO2. The van der Waals surface area contributed by atoms with Crippen LogP contribution in [-0.4, -0.2) is 17.1 Å². The van der Waals surface area contributed by atoms with Crippen molar-refractivity contribution in [1.29, 1.82) is 0 Å². The van der Waals surface area contributed by atoms with Gasteiger partial charge >= 0.3 is 5.97 Å². The van der Waals surface area contributed by atoms with Gasteiger partial charge < -0.3 is 10.4 Å². The maximum atomic E-state index is 11.4. The van der Waals surface area contributed by atoms with Crippen LogP contribution in [0, 0.1) is 5.92 Å². The molecule has 19 heavy (non-hydrogen) atoms. The van der Waals surface area contributed by atoms with Crippen molar-refractivity contribution in [2.75, 3.05) is 5.32 Å². The number of anilines is 1. The summed E-state index contributed by atoms with van der Waals surface area (Å²) in [5.41, 5.74) is 0.774. The molecule has 1 fully saturated rings. The van der Waals surface area contributed by atoms with E-state index in [0.717, 1.165) is 18.5 Å². The average molecular weight is 282 g/mol. The third-order valence-electron chi connectivity index (χ3n) is 3.76. The third-order valence-corrected chi connectivity index (χ3v) is 3.99. The van der Waals surface area contributed by atoms with E-state index < -0.39 is 12.0 Å². The summed E-state index contributed by atoms with van der Waals surface area (Å²) < 4.78 is 0. The second kappa shape index (κ2) is 6.80. The standard InChI is InChI=1S/C15H20ClNO2/c16-12-7-4-8-13(10-12)17-14(15(18)19)9-11-5-2-1-3-6-11/h4,7-8,10-11,14,17H,1-3,5-6,9H2,(H,18,19). The van der Waals surface area contributed by atoms with Crippen LogP contribution in [0.25, 0.3) is 0 Å². The Morgan fingerprint density at radius 2 is 2.11 bits per heavy atom. The molecule has 4 heteroatoms. The molecule has 0 bridgehead atoms. The highest BCUT2D eigenvalue weighted by Crippen LogP contribution is 2.28. The molecule has 1 aliphatic rings. The normalized spacial score (nSPS) is 17.9. The van der Waals surface area contributed by atoms with Gasteiger partial charge in [0.1, 0.15) is 6.04 Å². The van der Waals surface area contributed by atoms with Gasteiger partial charge in [0.2, 0.25) is 0 Å². The van der Waals surface area contributed by atoms with Crippen LogP contribution in [0.4, 0.5) is 5.69 Å². The Bertz CT molecular complexity index is 430. The summed E-state index contributed by atoms with van der Waals surface area (Å²) in [4.78, 5) is 11.4. The minimum atomic E-state index is -0.787. The zero-order chi connectivity index (χ0) is 13.7. The number of carboxylic acid groups (broad SMARTS) is 1. The molecule has 0 saturated heterocycles. The number of benzene rings is 1. The largest absolute Gasteiger partial charge is 0.480 e. The fourth-order valence-corrected chi connectivity index (χ4v) is 2.95. The Morgan fingerprint density at radius 1 is 1.37 bits per heavy atom. The van der Waals surface area contributed by atoms with E-state index in [1.807, 2.05) is 12.1 Å². The molecule has 0 heterocycles. The number of hydrogen-bond acceptors (Lipinski definition) is 2. The topological polar surface area (TPSA) is 49.3 Å². The second-order valence-corrected chi connectivity index (χ2v) is 5.72. The first-order valence-electron chi connectivity index (χ1n) is 6.90. The van der Waals surface area contributed by atoms with Gasteiger partial charge in [-0.3, -0.25) is 0 Å². The number of carbonyl (C=O) groups is 1. The van der Waals surface area contributed by atoms with Crippen molar-refractivity contribution in [3.05, 3.63) is 29.3 Å². The summed E-state index contributed by atoms with van der Waals surface area (Å²) in [5, 5.41) is 13.0. The van der Waals surface area contributed by atoms with Crippen LogP contribution in [0.15, 0.2) is 24.3 Å². The molecule has 0 aliphatic heterocycles. The lowest BCUT2D eigenvalue weighted by Gasteiger charge is -2.25. The number of halogens is 1. The average Bonchev–Trinajstić information content (AvgIpc) is 2.39. The predicted molar refractivity (Wildman–Crippen MR) is 77.7 cm³/mol. The number of nitrogens with one attached hydrogen (secondary N) is 1. The number of aliphatic carboxylic acids is 1. The fraction of sp³-hybridized carbons (Fsp3) is 0.533. The van der Waals surface area contributed by atoms with Crippen molar-refractivity contribution < 1.29 is 9.90 Å². The highest BCUT2D eigenvalue weighted by atomic mass is 35.5.